The van der Waals surface area contributed by atoms with Crippen molar-refractivity contribution in [3.8, 4) is 0 Å². The first-order chi connectivity index (χ1) is 10.9. The maximum Gasteiger partial charge on any atom is 0.253 e. The summed E-state index contributed by atoms with van der Waals surface area (Å²) in [5.74, 6) is -0.214. The van der Waals surface area contributed by atoms with Gasteiger partial charge in [0.2, 0.25) is 10.0 Å². The van der Waals surface area contributed by atoms with Crippen molar-refractivity contribution in [3.63, 3.8) is 0 Å². The molecule has 1 aromatic carbocycles. The first-order valence-corrected chi connectivity index (χ1v) is 9.38. The predicted molar refractivity (Wildman–Crippen MR) is 90.8 cm³/mol. The SMILES string of the molecule is CN(C)C(=O)c1cccc(S(=O)(=O)NCCC2=CCCCC2)c1. The number of nitrogens with one attached hydrogen (secondary N) is 1. The first-order valence-electron chi connectivity index (χ1n) is 7.89. The summed E-state index contributed by atoms with van der Waals surface area (Å²) in [7, 11) is -0.314. The lowest BCUT2D eigenvalue weighted by Gasteiger charge is -2.14. The highest BCUT2D eigenvalue weighted by atomic mass is 32.2. The molecule has 126 valence electrons. The number of hydrogen-bond acceptors (Lipinski definition) is 3. The smallest absolute Gasteiger partial charge is 0.253 e. The fraction of sp³-hybridized carbons (Fsp3) is 0.471. The molecule has 0 saturated heterocycles. The quantitative estimate of drug-likeness (QED) is 0.812. The van der Waals surface area contributed by atoms with Crippen LogP contribution in [0.1, 0.15) is 42.5 Å². The third-order valence-corrected chi connectivity index (χ3v) is 5.38. The van der Waals surface area contributed by atoms with Crippen LogP contribution in [0.5, 0.6) is 0 Å². The Labute approximate surface area is 138 Å². The molecule has 0 heterocycles. The van der Waals surface area contributed by atoms with Crippen LogP contribution in [-0.4, -0.2) is 39.9 Å². The third-order valence-electron chi connectivity index (χ3n) is 3.92. The molecule has 0 bridgehead atoms. The van der Waals surface area contributed by atoms with Crippen molar-refractivity contribution < 1.29 is 13.2 Å². The Morgan fingerprint density at radius 3 is 2.70 bits per heavy atom. The number of amides is 1. The highest BCUT2D eigenvalue weighted by Gasteiger charge is 2.17. The summed E-state index contributed by atoms with van der Waals surface area (Å²) >= 11 is 0. The Kier molecular flexibility index (Phi) is 5.96. The van der Waals surface area contributed by atoms with Gasteiger partial charge in [-0.15, -0.1) is 0 Å². The highest BCUT2D eigenvalue weighted by Crippen LogP contribution is 2.20. The second kappa shape index (κ2) is 7.75. The molecule has 2 rings (SSSR count). The van der Waals surface area contributed by atoms with Crippen LogP contribution < -0.4 is 4.72 Å². The number of carbonyl (C=O) groups excluding carboxylic acids is 1. The van der Waals surface area contributed by atoms with Gasteiger partial charge in [0.15, 0.2) is 0 Å². The summed E-state index contributed by atoms with van der Waals surface area (Å²) in [6.07, 6.45) is 7.53. The van der Waals surface area contributed by atoms with Gasteiger partial charge in [0, 0.05) is 26.2 Å². The van der Waals surface area contributed by atoms with E-state index in [1.807, 2.05) is 0 Å². The molecule has 0 aromatic heterocycles. The van der Waals surface area contributed by atoms with E-state index in [0.29, 0.717) is 12.1 Å². The fourth-order valence-electron chi connectivity index (χ4n) is 2.62. The maximum absolute atomic E-state index is 12.4. The second-order valence-electron chi connectivity index (χ2n) is 5.98. The van der Waals surface area contributed by atoms with Gasteiger partial charge in [0.1, 0.15) is 0 Å². The third kappa shape index (κ3) is 4.91. The van der Waals surface area contributed by atoms with Gasteiger partial charge in [-0.25, -0.2) is 13.1 Å². The van der Waals surface area contributed by atoms with Gasteiger partial charge in [-0.3, -0.25) is 4.79 Å². The van der Waals surface area contributed by atoms with Crippen molar-refractivity contribution in [2.75, 3.05) is 20.6 Å². The molecule has 0 unspecified atom stereocenters. The summed E-state index contributed by atoms with van der Waals surface area (Å²) in [6.45, 7) is 0.389. The molecule has 0 radical (unpaired) electrons. The number of rotatable bonds is 6. The molecule has 5 nitrogen and oxygen atoms in total. The van der Waals surface area contributed by atoms with E-state index in [1.165, 1.54) is 35.4 Å². The molecule has 1 aliphatic carbocycles. The number of carbonyl (C=O) groups is 1. The van der Waals surface area contributed by atoms with E-state index in [2.05, 4.69) is 10.8 Å². The van der Waals surface area contributed by atoms with Crippen LogP contribution in [0.25, 0.3) is 0 Å². The van der Waals surface area contributed by atoms with E-state index in [-0.39, 0.29) is 10.8 Å². The fourth-order valence-corrected chi connectivity index (χ4v) is 3.69. The van der Waals surface area contributed by atoms with Crippen molar-refractivity contribution in [1.29, 1.82) is 0 Å². The van der Waals surface area contributed by atoms with E-state index in [1.54, 1.807) is 26.2 Å². The predicted octanol–water partition coefficient (Wildman–Crippen LogP) is 2.56. The number of nitrogens with zero attached hydrogens (tertiary/aromatic N) is 1. The van der Waals surface area contributed by atoms with Gasteiger partial charge >= 0.3 is 0 Å². The van der Waals surface area contributed by atoms with Crippen molar-refractivity contribution in [3.05, 3.63) is 41.5 Å². The summed E-state index contributed by atoms with van der Waals surface area (Å²) in [4.78, 5) is 13.5. The molecular formula is C17H24N2O3S. The molecule has 0 aliphatic heterocycles. The zero-order valence-corrected chi connectivity index (χ0v) is 14.5. The van der Waals surface area contributed by atoms with Crippen LogP contribution in [0.4, 0.5) is 0 Å². The van der Waals surface area contributed by atoms with E-state index < -0.39 is 10.0 Å². The molecular weight excluding hydrogens is 312 g/mol. The molecule has 0 fully saturated rings. The number of sulfonamides is 1. The van der Waals surface area contributed by atoms with Crippen molar-refractivity contribution in [2.45, 2.75) is 37.0 Å². The zero-order chi connectivity index (χ0) is 16.9. The molecule has 1 N–H and O–H groups in total. The average Bonchev–Trinajstić information content (AvgIpc) is 2.55. The Bertz CT molecular complexity index is 694. The van der Waals surface area contributed by atoms with Gasteiger partial charge < -0.3 is 4.90 Å². The molecule has 1 aliphatic rings. The van der Waals surface area contributed by atoms with Crippen LogP contribution in [0, 0.1) is 0 Å². The van der Waals surface area contributed by atoms with E-state index in [4.69, 9.17) is 0 Å². The Morgan fingerprint density at radius 1 is 1.26 bits per heavy atom. The molecule has 6 heteroatoms. The zero-order valence-electron chi connectivity index (χ0n) is 13.7. The monoisotopic (exact) mass is 336 g/mol. The molecule has 0 atom stereocenters. The van der Waals surface area contributed by atoms with Gasteiger partial charge in [-0.1, -0.05) is 17.7 Å². The number of allylic oxidation sites excluding steroid dienone is 1. The minimum atomic E-state index is -3.59. The summed E-state index contributed by atoms with van der Waals surface area (Å²) < 4.78 is 27.4. The van der Waals surface area contributed by atoms with Gasteiger partial charge in [-0.05, 0) is 50.3 Å². The van der Waals surface area contributed by atoms with Crippen LogP contribution in [0.2, 0.25) is 0 Å². The van der Waals surface area contributed by atoms with Crippen LogP contribution >= 0.6 is 0 Å². The average molecular weight is 336 g/mol. The normalized spacial score (nSPS) is 15.1. The minimum absolute atomic E-state index is 0.128. The van der Waals surface area contributed by atoms with Crippen LogP contribution in [0.15, 0.2) is 40.8 Å². The topological polar surface area (TPSA) is 66.5 Å². The summed E-state index contributed by atoms with van der Waals surface area (Å²) in [5.41, 5.74) is 1.70. The lowest BCUT2D eigenvalue weighted by Crippen LogP contribution is -2.26. The molecule has 23 heavy (non-hydrogen) atoms. The van der Waals surface area contributed by atoms with E-state index >= 15 is 0 Å². The summed E-state index contributed by atoms with van der Waals surface area (Å²) in [6, 6.07) is 6.14. The standard InChI is InChI=1S/C17H24N2O3S/c1-19(2)17(20)15-9-6-10-16(13-15)23(21,22)18-12-11-14-7-4-3-5-8-14/h6-7,9-10,13,18H,3-5,8,11-12H2,1-2H3. The molecule has 0 saturated carbocycles. The van der Waals surface area contributed by atoms with E-state index in [0.717, 1.165) is 19.3 Å². The molecule has 0 spiro atoms. The lowest BCUT2D eigenvalue weighted by atomic mass is 9.97. The lowest BCUT2D eigenvalue weighted by molar-refractivity contribution is 0.0827. The molecule has 1 aromatic rings. The Morgan fingerprint density at radius 2 is 2.04 bits per heavy atom. The highest BCUT2D eigenvalue weighted by molar-refractivity contribution is 7.89. The van der Waals surface area contributed by atoms with Gasteiger partial charge in [-0.2, -0.15) is 0 Å². The van der Waals surface area contributed by atoms with Crippen LogP contribution in [0.3, 0.4) is 0 Å². The largest absolute Gasteiger partial charge is 0.345 e. The first kappa shape index (κ1) is 17.7. The van der Waals surface area contributed by atoms with Gasteiger partial charge in [0.05, 0.1) is 4.90 Å². The maximum atomic E-state index is 12.4. The second-order valence-corrected chi connectivity index (χ2v) is 7.75. The van der Waals surface area contributed by atoms with Crippen molar-refractivity contribution in [2.24, 2.45) is 0 Å². The summed E-state index contributed by atoms with van der Waals surface area (Å²) in [5, 5.41) is 0. The number of benzene rings is 1. The minimum Gasteiger partial charge on any atom is -0.345 e. The van der Waals surface area contributed by atoms with Crippen molar-refractivity contribution in [1.82, 2.24) is 9.62 Å². The Hall–Kier alpha value is -1.66. The Balaban J connectivity index is 2.03. The van der Waals surface area contributed by atoms with E-state index in [9.17, 15) is 13.2 Å². The molecule has 1 amide bonds. The van der Waals surface area contributed by atoms with Crippen LogP contribution in [-0.2, 0) is 10.0 Å². The van der Waals surface area contributed by atoms with Gasteiger partial charge in [0.25, 0.3) is 5.91 Å². The van der Waals surface area contributed by atoms with Crippen molar-refractivity contribution >= 4 is 15.9 Å². The number of hydrogen-bond donors (Lipinski definition) is 1.